The molecule has 180 valence electrons. The molecular weight excluding hydrogens is 432 g/mol. The lowest BCUT2D eigenvalue weighted by atomic mass is 9.90. The van der Waals surface area contributed by atoms with E-state index in [1.54, 1.807) is 18.2 Å². The maximum absolute atomic E-state index is 12.6. The van der Waals surface area contributed by atoms with Crippen molar-refractivity contribution in [3.63, 3.8) is 0 Å². The summed E-state index contributed by atoms with van der Waals surface area (Å²) in [6.07, 6.45) is 3.47. The molecule has 0 spiro atoms. The topological polar surface area (TPSA) is 96.4 Å². The summed E-state index contributed by atoms with van der Waals surface area (Å²) < 4.78 is 6.07. The number of nitrogens with one attached hydrogen (secondary N) is 2. The van der Waals surface area contributed by atoms with Gasteiger partial charge in [-0.05, 0) is 62.0 Å². The number of amides is 1. The highest BCUT2D eigenvalue weighted by Crippen LogP contribution is 2.21. The second-order valence-electron chi connectivity index (χ2n) is 8.87. The van der Waals surface area contributed by atoms with Crippen molar-refractivity contribution in [2.24, 2.45) is 5.92 Å². The van der Waals surface area contributed by atoms with Crippen LogP contribution in [0.4, 0.5) is 0 Å². The molecule has 2 heterocycles. The second kappa shape index (κ2) is 11.3. The number of ether oxygens (including phenoxy) is 1. The molecule has 2 aromatic carbocycles. The molecule has 0 radical (unpaired) electrons. The van der Waals surface area contributed by atoms with E-state index in [0.717, 1.165) is 30.6 Å². The third-order valence-corrected chi connectivity index (χ3v) is 6.55. The van der Waals surface area contributed by atoms with Crippen LogP contribution in [0.5, 0.6) is 0 Å². The molecular formula is C26H32N4O4. The highest BCUT2D eigenvalue weighted by Gasteiger charge is 2.19. The van der Waals surface area contributed by atoms with Gasteiger partial charge in [0.05, 0.1) is 24.1 Å². The zero-order chi connectivity index (χ0) is 23.9. The largest absolute Gasteiger partial charge is 0.383 e. The van der Waals surface area contributed by atoms with E-state index in [2.05, 4.69) is 45.5 Å². The van der Waals surface area contributed by atoms with Gasteiger partial charge in [0.1, 0.15) is 0 Å². The molecule has 3 aromatic rings. The molecule has 34 heavy (non-hydrogen) atoms. The van der Waals surface area contributed by atoms with Crippen LogP contribution in [-0.4, -0.2) is 60.3 Å². The minimum atomic E-state index is -0.511. The van der Waals surface area contributed by atoms with Crippen molar-refractivity contribution in [3.8, 4) is 0 Å². The molecule has 4 rings (SSSR count). The predicted molar refractivity (Wildman–Crippen MR) is 132 cm³/mol. The summed E-state index contributed by atoms with van der Waals surface area (Å²) in [6.45, 7) is 3.87. The van der Waals surface area contributed by atoms with E-state index >= 15 is 0 Å². The van der Waals surface area contributed by atoms with Crippen molar-refractivity contribution in [2.75, 3.05) is 39.9 Å². The summed E-state index contributed by atoms with van der Waals surface area (Å²) >= 11 is 0. The Morgan fingerprint density at radius 3 is 2.59 bits per heavy atom. The van der Waals surface area contributed by atoms with Crippen molar-refractivity contribution in [1.82, 2.24) is 19.8 Å². The molecule has 1 aliphatic rings. The average Bonchev–Trinajstić information content (AvgIpc) is 2.85. The highest BCUT2D eigenvalue weighted by atomic mass is 16.5. The number of hydrogen-bond donors (Lipinski definition) is 2. The Morgan fingerprint density at radius 2 is 1.85 bits per heavy atom. The summed E-state index contributed by atoms with van der Waals surface area (Å²) in [5, 5.41) is 3.32. The number of benzene rings is 2. The van der Waals surface area contributed by atoms with Gasteiger partial charge in [-0.15, -0.1) is 0 Å². The number of carbonyl (C=O) groups excluding carboxylic acids is 1. The third kappa shape index (κ3) is 5.81. The molecule has 0 bridgehead atoms. The highest BCUT2D eigenvalue weighted by molar-refractivity contribution is 5.97. The number of carbonyl (C=O) groups is 1. The molecule has 1 amide bonds. The Kier molecular flexibility index (Phi) is 7.92. The van der Waals surface area contributed by atoms with E-state index in [-0.39, 0.29) is 19.1 Å². The molecule has 1 saturated heterocycles. The first-order valence-electron chi connectivity index (χ1n) is 11.9. The molecule has 0 atom stereocenters. The van der Waals surface area contributed by atoms with Gasteiger partial charge in [0, 0.05) is 25.8 Å². The van der Waals surface area contributed by atoms with Gasteiger partial charge in [-0.25, -0.2) is 4.79 Å². The van der Waals surface area contributed by atoms with Gasteiger partial charge in [0.25, 0.3) is 11.5 Å². The van der Waals surface area contributed by atoms with Gasteiger partial charge in [-0.1, -0.05) is 30.3 Å². The molecule has 8 nitrogen and oxygen atoms in total. The molecule has 1 aromatic heterocycles. The maximum atomic E-state index is 12.6. The van der Waals surface area contributed by atoms with Crippen LogP contribution >= 0.6 is 0 Å². The molecule has 0 aliphatic carbocycles. The van der Waals surface area contributed by atoms with Crippen LogP contribution in [-0.2, 0) is 17.7 Å². The molecule has 1 aliphatic heterocycles. The van der Waals surface area contributed by atoms with Crippen LogP contribution < -0.4 is 16.6 Å². The number of fused-ring (bicyclic) bond motifs is 1. The summed E-state index contributed by atoms with van der Waals surface area (Å²) in [5.74, 6) is 0.498. The molecule has 0 saturated carbocycles. The number of rotatable bonds is 9. The van der Waals surface area contributed by atoms with Crippen molar-refractivity contribution >= 4 is 16.8 Å². The van der Waals surface area contributed by atoms with Gasteiger partial charge in [0.2, 0.25) is 0 Å². The van der Waals surface area contributed by atoms with E-state index in [4.69, 9.17) is 4.74 Å². The maximum Gasteiger partial charge on any atom is 0.328 e. The lowest BCUT2D eigenvalue weighted by molar-refractivity contribution is 0.0944. The Labute approximate surface area is 198 Å². The fourth-order valence-corrected chi connectivity index (χ4v) is 4.57. The number of aromatic nitrogens is 2. The summed E-state index contributed by atoms with van der Waals surface area (Å²) in [4.78, 5) is 42.6. The lowest BCUT2D eigenvalue weighted by Crippen LogP contribution is -2.40. The van der Waals surface area contributed by atoms with Gasteiger partial charge in [-0.3, -0.25) is 14.2 Å². The van der Waals surface area contributed by atoms with E-state index in [0.29, 0.717) is 28.9 Å². The van der Waals surface area contributed by atoms with E-state index in [1.165, 1.54) is 25.5 Å². The lowest BCUT2D eigenvalue weighted by Gasteiger charge is -2.32. The molecule has 1 fully saturated rings. The average molecular weight is 465 g/mol. The first kappa shape index (κ1) is 23.9. The van der Waals surface area contributed by atoms with Gasteiger partial charge < -0.3 is 19.9 Å². The van der Waals surface area contributed by atoms with Crippen LogP contribution in [0.1, 0.15) is 28.8 Å². The number of likely N-dealkylation sites (tertiary alicyclic amines) is 1. The fourth-order valence-electron chi connectivity index (χ4n) is 4.57. The summed E-state index contributed by atoms with van der Waals surface area (Å²) in [5.41, 5.74) is 1.27. The first-order valence-corrected chi connectivity index (χ1v) is 11.9. The third-order valence-electron chi connectivity index (χ3n) is 6.55. The van der Waals surface area contributed by atoms with Crippen molar-refractivity contribution in [1.29, 1.82) is 0 Å². The number of piperidine rings is 1. The molecule has 8 heteroatoms. The monoisotopic (exact) mass is 464 g/mol. The smallest absolute Gasteiger partial charge is 0.328 e. The Hall–Kier alpha value is -3.23. The minimum absolute atomic E-state index is 0.173. The van der Waals surface area contributed by atoms with Crippen LogP contribution in [0.15, 0.2) is 58.1 Å². The fraction of sp³-hybridized carbons (Fsp3) is 0.423. The summed E-state index contributed by atoms with van der Waals surface area (Å²) in [6, 6.07) is 15.4. The summed E-state index contributed by atoms with van der Waals surface area (Å²) in [7, 11) is 1.51. The van der Waals surface area contributed by atoms with Gasteiger partial charge in [-0.2, -0.15) is 0 Å². The van der Waals surface area contributed by atoms with Crippen LogP contribution in [0.25, 0.3) is 10.9 Å². The Balaban J connectivity index is 1.28. The standard InChI is InChI=1S/C26H32N4O4/c1-34-16-15-30-25(32)22-8-7-21(18-23(22)28-26(30)33)24(31)27-11-14-29-12-9-20(10-13-29)17-19-5-3-2-4-6-19/h2-8,18,20H,9-17H2,1H3,(H,27,31)(H,28,33). The van der Waals surface area contributed by atoms with Crippen LogP contribution in [0.2, 0.25) is 0 Å². The molecule has 0 unspecified atom stereocenters. The van der Waals surface area contributed by atoms with Crippen molar-refractivity contribution in [3.05, 3.63) is 80.5 Å². The number of H-pyrrole nitrogens is 1. The van der Waals surface area contributed by atoms with Gasteiger partial charge >= 0.3 is 5.69 Å². The molecule has 2 N–H and O–H groups in total. The Bertz CT molecular complexity index is 1230. The predicted octanol–water partition coefficient (Wildman–Crippen LogP) is 2.02. The number of aromatic amines is 1. The normalized spacial score (nSPS) is 15.0. The SMILES string of the molecule is COCCn1c(=O)[nH]c2cc(C(=O)NCCN3CCC(Cc4ccccc4)CC3)ccc2c1=O. The Morgan fingerprint density at radius 1 is 1.09 bits per heavy atom. The van der Waals surface area contributed by atoms with Crippen molar-refractivity contribution < 1.29 is 9.53 Å². The van der Waals surface area contributed by atoms with E-state index in [9.17, 15) is 14.4 Å². The number of methoxy groups -OCH3 is 1. The van der Waals surface area contributed by atoms with E-state index in [1.807, 2.05) is 0 Å². The zero-order valence-corrected chi connectivity index (χ0v) is 19.6. The second-order valence-corrected chi connectivity index (χ2v) is 8.87. The number of hydrogen-bond acceptors (Lipinski definition) is 5. The number of nitrogens with zero attached hydrogens (tertiary/aromatic N) is 2. The van der Waals surface area contributed by atoms with E-state index < -0.39 is 11.2 Å². The van der Waals surface area contributed by atoms with Crippen LogP contribution in [0.3, 0.4) is 0 Å². The zero-order valence-electron chi connectivity index (χ0n) is 19.6. The van der Waals surface area contributed by atoms with Crippen LogP contribution in [0, 0.1) is 5.92 Å². The van der Waals surface area contributed by atoms with Gasteiger partial charge in [0.15, 0.2) is 0 Å². The quantitative estimate of drug-likeness (QED) is 0.505. The van der Waals surface area contributed by atoms with Crippen molar-refractivity contribution in [2.45, 2.75) is 25.8 Å². The minimum Gasteiger partial charge on any atom is -0.383 e. The first-order chi connectivity index (χ1) is 16.5.